The van der Waals surface area contributed by atoms with Crippen LogP contribution in [-0.4, -0.2) is 24.6 Å². The molecule has 18 heavy (non-hydrogen) atoms. The number of benzene rings is 1. The molecule has 0 amide bonds. The van der Waals surface area contributed by atoms with Gasteiger partial charge in [-0.1, -0.05) is 12.2 Å². The third kappa shape index (κ3) is 3.63. The number of nitrogens with one attached hydrogen (secondary N) is 1. The van der Waals surface area contributed by atoms with E-state index in [-0.39, 0.29) is 29.2 Å². The van der Waals surface area contributed by atoms with Gasteiger partial charge in [0, 0.05) is 12.1 Å². The van der Waals surface area contributed by atoms with Crippen LogP contribution >= 0.6 is 12.2 Å². The average Bonchev–Trinajstić information content (AvgIpc) is 2.31. The maximum atomic E-state index is 13.5. The normalized spacial score (nSPS) is 9.94. The molecule has 0 radical (unpaired) electrons. The summed E-state index contributed by atoms with van der Waals surface area (Å²) in [6.45, 7) is 0.0624. The maximum absolute atomic E-state index is 13.5. The fourth-order valence-corrected chi connectivity index (χ4v) is 1.39. The topological polar surface area (TPSA) is 64.3 Å². The molecule has 0 unspecified atom stereocenters. The lowest BCUT2D eigenvalue weighted by Crippen LogP contribution is -2.14. The van der Waals surface area contributed by atoms with Crippen molar-refractivity contribution in [3.63, 3.8) is 0 Å². The van der Waals surface area contributed by atoms with Gasteiger partial charge in [-0.3, -0.25) is 4.79 Å². The number of thiocarbonyl (C=S) groups is 1. The van der Waals surface area contributed by atoms with E-state index in [9.17, 15) is 13.6 Å². The standard InChI is InChI=1S/C11H12F2N2O2S/c1-17-9(16)2-3-15-10-7(12)4-6(11(14)18)5-8(10)13/h4-5,15H,2-3H2,1H3,(H2,14,18). The Balaban J connectivity index is 2.78. The minimum Gasteiger partial charge on any atom is -0.469 e. The van der Waals surface area contributed by atoms with Gasteiger partial charge in [-0.15, -0.1) is 0 Å². The van der Waals surface area contributed by atoms with Crippen molar-refractivity contribution >= 4 is 28.9 Å². The molecule has 98 valence electrons. The van der Waals surface area contributed by atoms with E-state index in [0.717, 1.165) is 12.1 Å². The summed E-state index contributed by atoms with van der Waals surface area (Å²) in [5, 5.41) is 2.48. The number of hydrogen-bond acceptors (Lipinski definition) is 4. The third-order valence-electron chi connectivity index (χ3n) is 2.19. The van der Waals surface area contributed by atoms with E-state index in [0.29, 0.717) is 0 Å². The molecule has 1 aromatic rings. The molecule has 0 saturated heterocycles. The predicted molar refractivity (Wildman–Crippen MR) is 67.4 cm³/mol. The van der Waals surface area contributed by atoms with Crippen LogP contribution in [0.2, 0.25) is 0 Å². The lowest BCUT2D eigenvalue weighted by atomic mass is 10.2. The van der Waals surface area contributed by atoms with Crippen LogP contribution < -0.4 is 11.1 Å². The van der Waals surface area contributed by atoms with Crippen LogP contribution in [0.5, 0.6) is 0 Å². The molecule has 1 aromatic carbocycles. The van der Waals surface area contributed by atoms with Crippen molar-refractivity contribution in [3.05, 3.63) is 29.3 Å². The van der Waals surface area contributed by atoms with Crippen molar-refractivity contribution in [2.24, 2.45) is 5.73 Å². The minimum absolute atomic E-state index is 0.00638. The Hall–Kier alpha value is -1.76. The van der Waals surface area contributed by atoms with Crippen molar-refractivity contribution in [3.8, 4) is 0 Å². The second-order valence-corrected chi connectivity index (χ2v) is 3.87. The summed E-state index contributed by atoms with van der Waals surface area (Å²) >= 11 is 4.62. The summed E-state index contributed by atoms with van der Waals surface area (Å²) in [7, 11) is 1.24. The molecular weight excluding hydrogens is 262 g/mol. The highest BCUT2D eigenvalue weighted by Gasteiger charge is 2.12. The van der Waals surface area contributed by atoms with Crippen LogP contribution in [0.4, 0.5) is 14.5 Å². The van der Waals surface area contributed by atoms with Gasteiger partial charge in [0.2, 0.25) is 0 Å². The molecule has 7 heteroatoms. The number of carbonyl (C=O) groups is 1. The summed E-state index contributed by atoms with van der Waals surface area (Å²) in [6.07, 6.45) is 0.00638. The lowest BCUT2D eigenvalue weighted by molar-refractivity contribution is -0.140. The predicted octanol–water partition coefficient (Wildman–Crippen LogP) is 1.57. The van der Waals surface area contributed by atoms with Crippen molar-refractivity contribution < 1.29 is 18.3 Å². The van der Waals surface area contributed by atoms with E-state index in [1.54, 1.807) is 0 Å². The molecule has 0 spiro atoms. The number of esters is 1. The molecule has 0 aliphatic rings. The zero-order chi connectivity index (χ0) is 13.7. The van der Waals surface area contributed by atoms with Crippen LogP contribution in [0.15, 0.2) is 12.1 Å². The van der Waals surface area contributed by atoms with E-state index in [1.165, 1.54) is 7.11 Å². The highest BCUT2D eigenvalue weighted by molar-refractivity contribution is 7.80. The Morgan fingerprint density at radius 1 is 1.44 bits per heavy atom. The molecule has 0 heterocycles. The van der Waals surface area contributed by atoms with Gasteiger partial charge in [-0.05, 0) is 12.1 Å². The number of hydrogen-bond donors (Lipinski definition) is 2. The quantitative estimate of drug-likeness (QED) is 0.630. The number of carbonyl (C=O) groups excluding carboxylic acids is 1. The zero-order valence-electron chi connectivity index (χ0n) is 9.63. The van der Waals surface area contributed by atoms with Gasteiger partial charge in [-0.2, -0.15) is 0 Å². The first-order valence-electron chi connectivity index (χ1n) is 5.05. The Morgan fingerprint density at radius 2 is 2.00 bits per heavy atom. The Bertz CT molecular complexity index is 457. The second kappa shape index (κ2) is 6.25. The van der Waals surface area contributed by atoms with Crippen molar-refractivity contribution in [2.75, 3.05) is 19.0 Å². The van der Waals surface area contributed by atoms with Crippen molar-refractivity contribution in [1.29, 1.82) is 0 Å². The number of nitrogens with two attached hydrogens (primary N) is 1. The van der Waals surface area contributed by atoms with Crippen LogP contribution in [0.25, 0.3) is 0 Å². The Morgan fingerprint density at radius 3 is 2.44 bits per heavy atom. The molecule has 0 saturated carbocycles. The van der Waals surface area contributed by atoms with E-state index < -0.39 is 17.6 Å². The molecular formula is C11H12F2N2O2S. The van der Waals surface area contributed by atoms with Gasteiger partial charge >= 0.3 is 5.97 Å². The highest BCUT2D eigenvalue weighted by atomic mass is 32.1. The van der Waals surface area contributed by atoms with Crippen molar-refractivity contribution in [1.82, 2.24) is 0 Å². The monoisotopic (exact) mass is 274 g/mol. The third-order valence-corrected chi connectivity index (χ3v) is 2.42. The smallest absolute Gasteiger partial charge is 0.307 e. The summed E-state index contributed by atoms with van der Waals surface area (Å²) < 4.78 is 31.5. The van der Waals surface area contributed by atoms with Gasteiger partial charge in [0.25, 0.3) is 0 Å². The van der Waals surface area contributed by atoms with Crippen LogP contribution in [0, 0.1) is 11.6 Å². The number of rotatable bonds is 5. The van der Waals surface area contributed by atoms with Gasteiger partial charge in [0.1, 0.15) is 22.3 Å². The van der Waals surface area contributed by atoms with Gasteiger partial charge in [-0.25, -0.2) is 8.78 Å². The summed E-state index contributed by atoms with van der Waals surface area (Å²) in [5.41, 5.74) is 5.07. The van der Waals surface area contributed by atoms with E-state index in [1.807, 2.05) is 0 Å². The second-order valence-electron chi connectivity index (χ2n) is 3.43. The Kier molecular flexibility index (Phi) is 4.96. The number of anilines is 1. The lowest BCUT2D eigenvalue weighted by Gasteiger charge is -2.09. The molecule has 0 bridgehead atoms. The van der Waals surface area contributed by atoms with Gasteiger partial charge < -0.3 is 15.8 Å². The summed E-state index contributed by atoms with van der Waals surface area (Å²) in [6, 6.07) is 2.07. The molecule has 0 aliphatic heterocycles. The van der Waals surface area contributed by atoms with Crippen molar-refractivity contribution in [2.45, 2.75) is 6.42 Å². The van der Waals surface area contributed by atoms with E-state index >= 15 is 0 Å². The Labute approximate surface area is 108 Å². The molecule has 0 atom stereocenters. The minimum atomic E-state index is -0.817. The van der Waals surface area contributed by atoms with Gasteiger partial charge in [0.05, 0.1) is 13.5 Å². The van der Waals surface area contributed by atoms with Crippen LogP contribution in [-0.2, 0) is 9.53 Å². The van der Waals surface area contributed by atoms with Crippen LogP contribution in [0.1, 0.15) is 12.0 Å². The first-order valence-corrected chi connectivity index (χ1v) is 5.46. The number of halogens is 2. The molecule has 0 aromatic heterocycles. The van der Waals surface area contributed by atoms with Crippen LogP contribution in [0.3, 0.4) is 0 Å². The average molecular weight is 274 g/mol. The first-order chi connectivity index (χ1) is 8.45. The SMILES string of the molecule is COC(=O)CCNc1c(F)cc(C(N)=S)cc1F. The van der Waals surface area contributed by atoms with Gasteiger partial charge in [0.15, 0.2) is 0 Å². The zero-order valence-corrected chi connectivity index (χ0v) is 10.4. The molecule has 1 rings (SSSR count). The summed E-state index contributed by atoms with van der Waals surface area (Å²) in [4.78, 5) is 10.7. The van der Waals surface area contributed by atoms with E-state index in [4.69, 9.17) is 5.73 Å². The highest BCUT2D eigenvalue weighted by Crippen LogP contribution is 2.20. The molecule has 0 fully saturated rings. The number of ether oxygens (including phenoxy) is 1. The fourth-order valence-electron chi connectivity index (χ4n) is 1.28. The number of methoxy groups -OCH3 is 1. The largest absolute Gasteiger partial charge is 0.469 e. The van der Waals surface area contributed by atoms with E-state index in [2.05, 4.69) is 22.3 Å². The first kappa shape index (κ1) is 14.3. The molecule has 0 aliphatic carbocycles. The molecule has 4 nitrogen and oxygen atoms in total. The molecule has 3 N–H and O–H groups in total. The fraction of sp³-hybridized carbons (Fsp3) is 0.273. The summed E-state index contributed by atoms with van der Waals surface area (Å²) in [5.74, 6) is -2.10. The maximum Gasteiger partial charge on any atom is 0.307 e.